The Morgan fingerprint density at radius 1 is 0.538 bits per heavy atom. The molecule has 0 spiro atoms. The van der Waals surface area contributed by atoms with Crippen LogP contribution in [0.25, 0.3) is 0 Å². The molecule has 13 heavy (non-hydrogen) atoms. The molecule has 0 nitrogen and oxygen atoms in total. The molecule has 0 aliphatic rings. The Morgan fingerprint density at radius 3 is 0.923 bits per heavy atom. The lowest BCUT2D eigenvalue weighted by Crippen LogP contribution is -2.10. The van der Waals surface area contributed by atoms with E-state index in [9.17, 15) is 0 Å². The number of rotatable bonds is 8. The summed E-state index contributed by atoms with van der Waals surface area (Å²) in [6.45, 7) is 9.43. The van der Waals surface area contributed by atoms with Gasteiger partial charge in [0.25, 0.3) is 0 Å². The van der Waals surface area contributed by atoms with E-state index in [1.54, 1.807) is 24.6 Å². The van der Waals surface area contributed by atoms with Gasteiger partial charge in [0.1, 0.15) is 0 Å². The predicted molar refractivity (Wildman–Crippen MR) is 67.6 cm³/mol. The van der Waals surface area contributed by atoms with Crippen LogP contribution in [-0.2, 0) is 0 Å². The highest BCUT2D eigenvalue weighted by Crippen LogP contribution is 2.60. The zero-order valence-electron chi connectivity index (χ0n) is 10.1. The van der Waals surface area contributed by atoms with Crippen LogP contribution in [0.2, 0.25) is 0 Å². The van der Waals surface area contributed by atoms with Crippen LogP contribution in [0.1, 0.15) is 53.4 Å². The average molecular weight is 203 g/mol. The monoisotopic (exact) mass is 203 g/mol. The SMILES string of the molecule is CCC[P](CCC)(CCC)CCC. The lowest BCUT2D eigenvalue weighted by atomic mass is 10.5. The number of hydrogen-bond acceptors (Lipinski definition) is 0. The van der Waals surface area contributed by atoms with Gasteiger partial charge in [-0.2, -0.15) is 0 Å². The first-order chi connectivity index (χ1) is 6.24. The Kier molecular flexibility index (Phi) is 8.06. The first kappa shape index (κ1) is 13.4. The van der Waals surface area contributed by atoms with Gasteiger partial charge in [-0.05, 0) is 24.6 Å². The van der Waals surface area contributed by atoms with Crippen molar-refractivity contribution in [1.29, 1.82) is 0 Å². The van der Waals surface area contributed by atoms with Crippen molar-refractivity contribution in [3.63, 3.8) is 0 Å². The molecule has 0 atom stereocenters. The molecule has 1 heteroatoms. The zero-order valence-corrected chi connectivity index (χ0v) is 11.0. The summed E-state index contributed by atoms with van der Waals surface area (Å²) in [5.74, 6) is 0. The minimum atomic E-state index is -0.496. The van der Waals surface area contributed by atoms with Gasteiger partial charge in [0, 0.05) is 0 Å². The molecule has 0 amide bonds. The molecule has 0 saturated heterocycles. The summed E-state index contributed by atoms with van der Waals surface area (Å²) in [6.07, 6.45) is 11.9. The molecule has 0 aromatic carbocycles. The quantitative estimate of drug-likeness (QED) is 0.504. The van der Waals surface area contributed by atoms with Gasteiger partial charge >= 0.3 is 0 Å². The van der Waals surface area contributed by atoms with Gasteiger partial charge in [0.05, 0.1) is 0 Å². The maximum absolute atomic E-state index is 2.36. The maximum Gasteiger partial charge on any atom is -0.0362 e. The normalized spacial score (nSPS) is 12.0. The van der Waals surface area contributed by atoms with Crippen molar-refractivity contribution in [2.75, 3.05) is 24.6 Å². The van der Waals surface area contributed by atoms with E-state index in [1.165, 1.54) is 25.7 Å². The van der Waals surface area contributed by atoms with Gasteiger partial charge in [0.2, 0.25) is 0 Å². The van der Waals surface area contributed by atoms with E-state index < -0.39 is 7.26 Å². The Bertz CT molecular complexity index is 80.2. The Labute approximate surface area is 85.8 Å². The van der Waals surface area contributed by atoms with Crippen LogP contribution in [0.3, 0.4) is 0 Å². The fraction of sp³-hybridized carbons (Fsp3) is 1.00. The largest absolute Gasteiger partial charge is 0.125 e. The van der Waals surface area contributed by atoms with E-state index in [1.807, 2.05) is 0 Å². The van der Waals surface area contributed by atoms with Crippen LogP contribution in [0.15, 0.2) is 0 Å². The number of hydrogen-bond donors (Lipinski definition) is 0. The molecule has 0 N–H and O–H groups in total. The molecule has 0 aliphatic carbocycles. The Balaban J connectivity index is 4.19. The zero-order chi connectivity index (χ0) is 10.2. The third kappa shape index (κ3) is 5.01. The Morgan fingerprint density at radius 2 is 0.769 bits per heavy atom. The van der Waals surface area contributed by atoms with Crippen molar-refractivity contribution in [2.45, 2.75) is 53.4 Å². The van der Waals surface area contributed by atoms with Gasteiger partial charge in [-0.15, -0.1) is 7.26 Å². The lowest BCUT2D eigenvalue weighted by Gasteiger charge is -2.36. The molecule has 0 aromatic heterocycles. The molecule has 0 bridgehead atoms. The molecule has 0 saturated carbocycles. The smallest absolute Gasteiger partial charge is 0.0362 e. The molecule has 0 rings (SSSR count). The van der Waals surface area contributed by atoms with Crippen molar-refractivity contribution >= 4 is 7.26 Å². The fourth-order valence-electron chi connectivity index (χ4n) is 2.57. The minimum absolute atomic E-state index is 0.496. The third-order valence-corrected chi connectivity index (χ3v) is 8.38. The first-order valence-electron chi connectivity index (χ1n) is 6.09. The second-order valence-corrected chi connectivity index (χ2v) is 8.71. The highest BCUT2D eigenvalue weighted by Gasteiger charge is 2.22. The molecule has 0 aromatic rings. The van der Waals surface area contributed by atoms with Crippen molar-refractivity contribution < 1.29 is 0 Å². The second kappa shape index (κ2) is 7.80. The van der Waals surface area contributed by atoms with Crippen molar-refractivity contribution in [3.05, 3.63) is 0 Å². The first-order valence-corrected chi connectivity index (χ1v) is 8.62. The van der Waals surface area contributed by atoms with Gasteiger partial charge in [-0.3, -0.25) is 0 Å². The predicted octanol–water partition coefficient (Wildman–Crippen LogP) is 4.64. The standard InChI is InChI=1S/C12H28P/c1-5-9-13(10-6-2,11-7-3)12-8-4/h5-12H2,1-4H3. The summed E-state index contributed by atoms with van der Waals surface area (Å²) in [6, 6.07) is 0. The van der Waals surface area contributed by atoms with E-state index in [0.717, 1.165) is 0 Å². The third-order valence-electron chi connectivity index (χ3n) is 2.79. The topological polar surface area (TPSA) is 0 Å². The van der Waals surface area contributed by atoms with Crippen molar-refractivity contribution in [1.82, 2.24) is 0 Å². The highest BCUT2D eigenvalue weighted by molar-refractivity contribution is 7.75. The van der Waals surface area contributed by atoms with E-state index in [2.05, 4.69) is 27.7 Å². The molecular formula is C12H28P. The summed E-state index contributed by atoms with van der Waals surface area (Å²) in [5, 5.41) is 0. The summed E-state index contributed by atoms with van der Waals surface area (Å²) >= 11 is 0. The van der Waals surface area contributed by atoms with E-state index >= 15 is 0 Å². The van der Waals surface area contributed by atoms with Crippen LogP contribution in [-0.4, -0.2) is 24.6 Å². The Hall–Kier alpha value is 0.430. The summed E-state index contributed by atoms with van der Waals surface area (Å²) in [7, 11) is -0.496. The molecule has 1 radical (unpaired) electrons. The summed E-state index contributed by atoms with van der Waals surface area (Å²) in [5.41, 5.74) is 0. The van der Waals surface area contributed by atoms with Gasteiger partial charge in [-0.1, -0.05) is 53.4 Å². The lowest BCUT2D eigenvalue weighted by molar-refractivity contribution is 0.963. The van der Waals surface area contributed by atoms with Crippen LogP contribution in [0.5, 0.6) is 0 Å². The molecule has 0 heterocycles. The van der Waals surface area contributed by atoms with Crippen molar-refractivity contribution in [3.8, 4) is 0 Å². The van der Waals surface area contributed by atoms with E-state index in [-0.39, 0.29) is 0 Å². The molecule has 81 valence electrons. The molecule has 0 aliphatic heterocycles. The molecule has 0 unspecified atom stereocenters. The second-order valence-electron chi connectivity index (χ2n) is 4.24. The van der Waals surface area contributed by atoms with Crippen LogP contribution in [0, 0.1) is 0 Å². The van der Waals surface area contributed by atoms with E-state index in [4.69, 9.17) is 0 Å². The minimum Gasteiger partial charge on any atom is -0.125 e. The van der Waals surface area contributed by atoms with E-state index in [0.29, 0.717) is 0 Å². The average Bonchev–Trinajstić information content (AvgIpc) is 2.06. The summed E-state index contributed by atoms with van der Waals surface area (Å²) < 4.78 is 0. The van der Waals surface area contributed by atoms with Gasteiger partial charge in [0.15, 0.2) is 0 Å². The fourth-order valence-corrected chi connectivity index (χ4v) is 7.70. The van der Waals surface area contributed by atoms with Crippen LogP contribution < -0.4 is 0 Å². The molecule has 0 fully saturated rings. The van der Waals surface area contributed by atoms with Gasteiger partial charge < -0.3 is 0 Å². The van der Waals surface area contributed by atoms with Crippen molar-refractivity contribution in [2.24, 2.45) is 0 Å². The highest BCUT2D eigenvalue weighted by atomic mass is 31.2. The van der Waals surface area contributed by atoms with Gasteiger partial charge in [-0.25, -0.2) is 0 Å². The van der Waals surface area contributed by atoms with Crippen LogP contribution >= 0.6 is 7.26 Å². The van der Waals surface area contributed by atoms with Crippen LogP contribution in [0.4, 0.5) is 0 Å². The summed E-state index contributed by atoms with van der Waals surface area (Å²) in [4.78, 5) is 0. The molecular weight excluding hydrogens is 175 g/mol. The maximum atomic E-state index is 2.36.